The summed E-state index contributed by atoms with van der Waals surface area (Å²) in [5.74, 6) is 2.48. The van der Waals surface area contributed by atoms with Gasteiger partial charge in [0.25, 0.3) is 0 Å². The summed E-state index contributed by atoms with van der Waals surface area (Å²) in [6.07, 6.45) is 0. The first-order valence-electron chi connectivity index (χ1n) is 6.09. The van der Waals surface area contributed by atoms with E-state index in [-0.39, 0.29) is 4.08 Å². The molecule has 1 aliphatic heterocycles. The highest BCUT2D eigenvalue weighted by molar-refractivity contribution is 14.1. The Hall–Kier alpha value is 0.350. The van der Waals surface area contributed by atoms with E-state index in [0.29, 0.717) is 0 Å². The van der Waals surface area contributed by atoms with Crippen molar-refractivity contribution < 1.29 is 0 Å². The maximum absolute atomic E-state index is 3.63. The molecular weight excluding hydrogens is 451 g/mol. The standard InChI is InChI=1S/C15H10BrIS2/c16-9-1-3-11-12-4-2-10(17)8-14(12)15(13(11)7-9)18-5-6-19-15/h1-4,7-8H,5-6H2. The van der Waals surface area contributed by atoms with Crippen molar-refractivity contribution in [3.8, 4) is 11.1 Å². The summed E-state index contributed by atoms with van der Waals surface area (Å²) in [5.41, 5.74) is 5.81. The van der Waals surface area contributed by atoms with E-state index in [1.807, 2.05) is 0 Å². The second-order valence-electron chi connectivity index (χ2n) is 4.69. The van der Waals surface area contributed by atoms with Gasteiger partial charge in [0.2, 0.25) is 0 Å². The highest BCUT2D eigenvalue weighted by Gasteiger charge is 2.46. The first kappa shape index (κ1) is 13.0. The van der Waals surface area contributed by atoms with E-state index in [9.17, 15) is 0 Å². The van der Waals surface area contributed by atoms with Crippen molar-refractivity contribution in [2.24, 2.45) is 0 Å². The van der Waals surface area contributed by atoms with Crippen LogP contribution in [-0.2, 0) is 4.08 Å². The van der Waals surface area contributed by atoms with Crippen molar-refractivity contribution >= 4 is 62.0 Å². The van der Waals surface area contributed by atoms with Crippen molar-refractivity contribution in [1.82, 2.24) is 0 Å². The maximum atomic E-state index is 3.63. The molecule has 0 aromatic heterocycles. The summed E-state index contributed by atoms with van der Waals surface area (Å²) in [6, 6.07) is 13.6. The molecule has 1 spiro atoms. The van der Waals surface area contributed by atoms with E-state index < -0.39 is 0 Å². The Morgan fingerprint density at radius 2 is 1.58 bits per heavy atom. The van der Waals surface area contributed by atoms with Crippen LogP contribution in [0, 0.1) is 3.57 Å². The van der Waals surface area contributed by atoms with E-state index in [2.05, 4.69) is 98.4 Å². The molecule has 2 aromatic rings. The number of fused-ring (bicyclic) bond motifs is 5. The molecule has 1 fully saturated rings. The van der Waals surface area contributed by atoms with Crippen LogP contribution in [0.25, 0.3) is 11.1 Å². The van der Waals surface area contributed by atoms with Gasteiger partial charge in [-0.25, -0.2) is 0 Å². The molecule has 4 rings (SSSR count). The molecule has 0 radical (unpaired) electrons. The summed E-state index contributed by atoms with van der Waals surface area (Å²) in [6.45, 7) is 0. The minimum atomic E-state index is 0.135. The molecule has 0 saturated carbocycles. The first-order valence-corrected chi connectivity index (χ1v) is 9.93. The van der Waals surface area contributed by atoms with Crippen molar-refractivity contribution in [1.29, 1.82) is 0 Å². The minimum absolute atomic E-state index is 0.135. The molecule has 4 heteroatoms. The summed E-state index contributed by atoms with van der Waals surface area (Å²) in [4.78, 5) is 0. The van der Waals surface area contributed by atoms with E-state index in [1.165, 1.54) is 41.8 Å². The van der Waals surface area contributed by atoms with Gasteiger partial charge < -0.3 is 0 Å². The van der Waals surface area contributed by atoms with Gasteiger partial charge in [-0.1, -0.05) is 28.1 Å². The van der Waals surface area contributed by atoms with Gasteiger partial charge in [-0.3, -0.25) is 0 Å². The highest BCUT2D eigenvalue weighted by atomic mass is 127. The van der Waals surface area contributed by atoms with Crippen LogP contribution in [0.4, 0.5) is 0 Å². The molecule has 0 nitrogen and oxygen atoms in total. The van der Waals surface area contributed by atoms with Crippen LogP contribution >= 0.6 is 62.0 Å². The van der Waals surface area contributed by atoms with Crippen LogP contribution in [-0.4, -0.2) is 11.5 Å². The van der Waals surface area contributed by atoms with Crippen LogP contribution in [0.3, 0.4) is 0 Å². The zero-order valence-electron chi connectivity index (χ0n) is 9.95. The number of hydrogen-bond acceptors (Lipinski definition) is 2. The number of thioether (sulfide) groups is 2. The first-order chi connectivity index (χ1) is 9.21. The van der Waals surface area contributed by atoms with Crippen LogP contribution in [0.15, 0.2) is 40.9 Å². The smallest absolute Gasteiger partial charge is 0.113 e. The molecule has 0 amide bonds. The Bertz CT molecular complexity index is 624. The monoisotopic (exact) mass is 460 g/mol. The van der Waals surface area contributed by atoms with Gasteiger partial charge >= 0.3 is 0 Å². The van der Waals surface area contributed by atoms with Gasteiger partial charge in [-0.2, -0.15) is 0 Å². The van der Waals surface area contributed by atoms with Gasteiger partial charge in [-0.15, -0.1) is 23.5 Å². The average Bonchev–Trinajstić information content (AvgIpc) is 2.97. The summed E-state index contributed by atoms with van der Waals surface area (Å²) in [7, 11) is 0. The number of benzene rings is 2. The predicted molar refractivity (Wildman–Crippen MR) is 98.0 cm³/mol. The van der Waals surface area contributed by atoms with Gasteiger partial charge in [0.15, 0.2) is 0 Å². The third kappa shape index (κ3) is 1.86. The molecule has 1 heterocycles. The number of rotatable bonds is 0. The van der Waals surface area contributed by atoms with Gasteiger partial charge in [0.05, 0.1) is 0 Å². The van der Waals surface area contributed by atoms with Crippen molar-refractivity contribution in [3.05, 3.63) is 55.6 Å². The molecule has 0 unspecified atom stereocenters. The highest BCUT2D eigenvalue weighted by Crippen LogP contribution is 2.64. The lowest BCUT2D eigenvalue weighted by atomic mass is 10.1. The maximum Gasteiger partial charge on any atom is 0.113 e. The molecule has 1 saturated heterocycles. The van der Waals surface area contributed by atoms with E-state index in [1.54, 1.807) is 0 Å². The minimum Gasteiger partial charge on any atom is -0.134 e. The number of hydrogen-bond donors (Lipinski definition) is 0. The molecule has 2 aromatic carbocycles. The fraction of sp³-hybridized carbons (Fsp3) is 0.200. The predicted octanol–water partition coefficient (Wildman–Crippen LogP) is 5.72. The van der Waals surface area contributed by atoms with Crippen LogP contribution in [0.1, 0.15) is 11.1 Å². The zero-order chi connectivity index (χ0) is 13.0. The third-order valence-electron chi connectivity index (χ3n) is 3.66. The van der Waals surface area contributed by atoms with Crippen LogP contribution < -0.4 is 0 Å². The van der Waals surface area contributed by atoms with Gasteiger partial charge in [-0.05, 0) is 69.1 Å². The van der Waals surface area contributed by atoms with Crippen molar-refractivity contribution in [2.45, 2.75) is 4.08 Å². The largest absolute Gasteiger partial charge is 0.134 e. The summed E-state index contributed by atoms with van der Waals surface area (Å²) >= 11 is 10.2. The Balaban J connectivity index is 2.07. The Morgan fingerprint density at radius 1 is 0.947 bits per heavy atom. The SMILES string of the molecule is Brc1ccc2c(c1)C1(SCCS1)c1cc(I)ccc1-2. The van der Waals surface area contributed by atoms with E-state index >= 15 is 0 Å². The molecule has 0 bridgehead atoms. The van der Waals surface area contributed by atoms with Crippen LogP contribution in [0.5, 0.6) is 0 Å². The molecule has 0 N–H and O–H groups in total. The zero-order valence-corrected chi connectivity index (χ0v) is 15.3. The average molecular weight is 461 g/mol. The van der Waals surface area contributed by atoms with E-state index in [0.717, 1.165) is 0 Å². The quantitative estimate of drug-likeness (QED) is 0.461. The topological polar surface area (TPSA) is 0 Å². The second kappa shape index (κ2) is 4.68. The number of halogens is 2. The Morgan fingerprint density at radius 3 is 2.32 bits per heavy atom. The fourth-order valence-electron chi connectivity index (χ4n) is 2.92. The molecule has 96 valence electrons. The third-order valence-corrected chi connectivity index (χ3v) is 8.30. The molecule has 2 aliphatic rings. The lowest BCUT2D eigenvalue weighted by Crippen LogP contribution is -2.12. The molecular formula is C15H10BrIS2. The molecule has 0 atom stereocenters. The van der Waals surface area contributed by atoms with E-state index in [4.69, 9.17) is 0 Å². The Kier molecular flexibility index (Phi) is 3.21. The lowest BCUT2D eigenvalue weighted by Gasteiger charge is -2.24. The lowest BCUT2D eigenvalue weighted by molar-refractivity contribution is 1.13. The molecule has 19 heavy (non-hydrogen) atoms. The van der Waals surface area contributed by atoms with Gasteiger partial charge in [0, 0.05) is 19.5 Å². The van der Waals surface area contributed by atoms with Crippen LogP contribution in [0.2, 0.25) is 0 Å². The summed E-state index contributed by atoms with van der Waals surface area (Å²) < 4.78 is 2.65. The molecule has 1 aliphatic carbocycles. The van der Waals surface area contributed by atoms with Gasteiger partial charge in [0.1, 0.15) is 4.08 Å². The summed E-state index contributed by atoms with van der Waals surface area (Å²) in [5, 5.41) is 0. The van der Waals surface area contributed by atoms with Crippen molar-refractivity contribution in [3.63, 3.8) is 0 Å². The normalized spacial score (nSPS) is 18.6. The fourth-order valence-corrected chi connectivity index (χ4v) is 7.14. The second-order valence-corrected chi connectivity index (χ2v) is 9.73. The van der Waals surface area contributed by atoms with Crippen molar-refractivity contribution in [2.75, 3.05) is 11.5 Å². The Labute approximate surface area is 143 Å².